The van der Waals surface area contributed by atoms with Gasteiger partial charge in [0, 0.05) is 18.0 Å². The van der Waals surface area contributed by atoms with Gasteiger partial charge in [-0.3, -0.25) is 0 Å². The van der Waals surface area contributed by atoms with E-state index in [1.807, 2.05) is 62.2 Å². The number of nitrogens with zero attached hydrogens (tertiary/aromatic N) is 4. The lowest BCUT2D eigenvalue weighted by molar-refractivity contribution is 0.0184. The predicted octanol–water partition coefficient (Wildman–Crippen LogP) is 4.15. The minimum absolute atomic E-state index is 0.237. The lowest BCUT2D eigenvalue weighted by Crippen LogP contribution is -2.42. The standard InChI is InChI=1S/C20H28N4O3S/c1-20(2,3)27-19(25)23-11-9-16(10-12-23)24-13-15(21-22-24)14-26-17-5-7-18(28-4)8-6-17/h5-8,13,16H,9-12,14H2,1-4H3. The summed E-state index contributed by atoms with van der Waals surface area (Å²) in [6.07, 6.45) is 5.40. The number of hydrogen-bond acceptors (Lipinski definition) is 6. The van der Waals surface area contributed by atoms with Gasteiger partial charge in [0.25, 0.3) is 0 Å². The molecule has 2 heterocycles. The maximum absolute atomic E-state index is 12.2. The van der Waals surface area contributed by atoms with Gasteiger partial charge in [0.2, 0.25) is 0 Å². The van der Waals surface area contributed by atoms with E-state index in [1.165, 1.54) is 4.90 Å². The Labute approximate surface area is 170 Å². The highest BCUT2D eigenvalue weighted by molar-refractivity contribution is 7.98. The summed E-state index contributed by atoms with van der Waals surface area (Å²) >= 11 is 1.70. The molecular formula is C20H28N4O3S. The molecule has 1 aromatic heterocycles. The summed E-state index contributed by atoms with van der Waals surface area (Å²) in [6.45, 7) is 7.35. The molecule has 7 nitrogen and oxygen atoms in total. The first-order valence-corrected chi connectivity index (χ1v) is 10.7. The third kappa shape index (κ3) is 5.64. The van der Waals surface area contributed by atoms with Gasteiger partial charge in [-0.05, 0) is 64.1 Å². The molecule has 1 amide bonds. The first-order chi connectivity index (χ1) is 13.3. The second-order valence-electron chi connectivity index (χ2n) is 7.85. The molecular weight excluding hydrogens is 376 g/mol. The van der Waals surface area contributed by atoms with Gasteiger partial charge in [-0.2, -0.15) is 0 Å². The minimum atomic E-state index is -0.468. The molecule has 0 unspecified atom stereocenters. The van der Waals surface area contributed by atoms with Crippen LogP contribution >= 0.6 is 11.8 Å². The molecule has 2 aromatic rings. The summed E-state index contributed by atoms with van der Waals surface area (Å²) in [5, 5.41) is 8.48. The quantitative estimate of drug-likeness (QED) is 0.697. The number of carbonyl (C=O) groups is 1. The topological polar surface area (TPSA) is 69.5 Å². The van der Waals surface area contributed by atoms with Gasteiger partial charge in [-0.25, -0.2) is 9.48 Å². The molecule has 28 heavy (non-hydrogen) atoms. The Balaban J connectivity index is 1.48. The molecule has 1 saturated heterocycles. The van der Waals surface area contributed by atoms with Crippen molar-refractivity contribution in [1.29, 1.82) is 0 Å². The summed E-state index contributed by atoms with van der Waals surface area (Å²) in [5.41, 5.74) is 0.327. The highest BCUT2D eigenvalue weighted by Gasteiger charge is 2.28. The Morgan fingerprint density at radius 3 is 2.50 bits per heavy atom. The summed E-state index contributed by atoms with van der Waals surface area (Å²) in [6, 6.07) is 8.23. The Hall–Kier alpha value is -2.22. The highest BCUT2D eigenvalue weighted by atomic mass is 32.2. The largest absolute Gasteiger partial charge is 0.487 e. The second kappa shape index (κ2) is 8.86. The van der Waals surface area contributed by atoms with E-state index in [1.54, 1.807) is 16.7 Å². The number of benzene rings is 1. The van der Waals surface area contributed by atoms with E-state index in [-0.39, 0.29) is 12.1 Å². The van der Waals surface area contributed by atoms with Crippen molar-refractivity contribution in [1.82, 2.24) is 19.9 Å². The van der Waals surface area contributed by atoms with Crippen molar-refractivity contribution < 1.29 is 14.3 Å². The van der Waals surface area contributed by atoms with E-state index in [4.69, 9.17) is 9.47 Å². The number of amides is 1. The van der Waals surface area contributed by atoms with Crippen LogP contribution in [0.3, 0.4) is 0 Å². The fraction of sp³-hybridized carbons (Fsp3) is 0.550. The number of aromatic nitrogens is 3. The molecule has 1 aliphatic heterocycles. The molecule has 0 saturated carbocycles. The molecule has 0 spiro atoms. The van der Waals surface area contributed by atoms with Crippen LogP contribution in [-0.2, 0) is 11.3 Å². The maximum atomic E-state index is 12.2. The number of ether oxygens (including phenoxy) is 2. The number of carbonyl (C=O) groups excluding carboxylic acids is 1. The number of piperidine rings is 1. The third-order valence-electron chi connectivity index (χ3n) is 4.49. The van der Waals surface area contributed by atoms with Gasteiger partial charge < -0.3 is 14.4 Å². The second-order valence-corrected chi connectivity index (χ2v) is 8.73. The minimum Gasteiger partial charge on any atom is -0.487 e. The van der Waals surface area contributed by atoms with Gasteiger partial charge in [-0.15, -0.1) is 16.9 Å². The molecule has 3 rings (SSSR count). The molecule has 0 N–H and O–H groups in total. The van der Waals surface area contributed by atoms with E-state index in [2.05, 4.69) is 10.3 Å². The SMILES string of the molecule is CSc1ccc(OCc2cn(C3CCN(C(=O)OC(C)(C)C)CC3)nn2)cc1. The molecule has 0 bridgehead atoms. The van der Waals surface area contributed by atoms with Crippen LogP contribution < -0.4 is 4.74 Å². The van der Waals surface area contributed by atoms with E-state index >= 15 is 0 Å². The monoisotopic (exact) mass is 404 g/mol. The number of rotatable bonds is 5. The lowest BCUT2D eigenvalue weighted by Gasteiger charge is -2.33. The Kier molecular flexibility index (Phi) is 6.49. The van der Waals surface area contributed by atoms with Crippen LogP contribution in [0.15, 0.2) is 35.4 Å². The molecule has 1 fully saturated rings. The van der Waals surface area contributed by atoms with Gasteiger partial charge in [0.05, 0.1) is 12.2 Å². The summed E-state index contributed by atoms with van der Waals surface area (Å²) in [5.74, 6) is 0.818. The van der Waals surface area contributed by atoms with Crippen molar-refractivity contribution in [2.24, 2.45) is 0 Å². The van der Waals surface area contributed by atoms with Gasteiger partial charge >= 0.3 is 6.09 Å². The first-order valence-electron chi connectivity index (χ1n) is 9.49. The fourth-order valence-electron chi connectivity index (χ4n) is 3.03. The molecule has 0 radical (unpaired) electrons. The zero-order chi connectivity index (χ0) is 20.1. The molecule has 0 atom stereocenters. The average molecular weight is 405 g/mol. The van der Waals surface area contributed by atoms with E-state index in [0.717, 1.165) is 24.3 Å². The van der Waals surface area contributed by atoms with E-state index in [0.29, 0.717) is 19.7 Å². The lowest BCUT2D eigenvalue weighted by atomic mass is 10.1. The van der Waals surface area contributed by atoms with E-state index in [9.17, 15) is 4.79 Å². The number of thioether (sulfide) groups is 1. The van der Waals surface area contributed by atoms with Gasteiger partial charge in [0.15, 0.2) is 0 Å². The van der Waals surface area contributed by atoms with Crippen molar-refractivity contribution in [2.75, 3.05) is 19.3 Å². The van der Waals surface area contributed by atoms with Gasteiger partial charge in [-0.1, -0.05) is 5.21 Å². The predicted molar refractivity (Wildman–Crippen MR) is 109 cm³/mol. The van der Waals surface area contributed by atoms with Crippen molar-refractivity contribution in [3.63, 3.8) is 0 Å². The molecule has 0 aliphatic carbocycles. The van der Waals surface area contributed by atoms with Crippen molar-refractivity contribution >= 4 is 17.9 Å². The van der Waals surface area contributed by atoms with Gasteiger partial charge in [0.1, 0.15) is 23.7 Å². The molecule has 1 aromatic carbocycles. The van der Waals surface area contributed by atoms with Crippen LogP contribution in [0.2, 0.25) is 0 Å². The summed E-state index contributed by atoms with van der Waals surface area (Å²) in [7, 11) is 0. The van der Waals surface area contributed by atoms with Crippen LogP contribution in [0, 0.1) is 0 Å². The summed E-state index contributed by atoms with van der Waals surface area (Å²) in [4.78, 5) is 15.1. The molecule has 1 aliphatic rings. The van der Waals surface area contributed by atoms with Crippen molar-refractivity contribution in [3.8, 4) is 5.75 Å². The van der Waals surface area contributed by atoms with Crippen LogP contribution in [0.4, 0.5) is 4.79 Å². The third-order valence-corrected chi connectivity index (χ3v) is 5.24. The Morgan fingerprint density at radius 2 is 1.89 bits per heavy atom. The van der Waals surface area contributed by atoms with Crippen LogP contribution in [0.1, 0.15) is 45.3 Å². The van der Waals surface area contributed by atoms with Crippen LogP contribution in [-0.4, -0.2) is 50.9 Å². The Bertz CT molecular complexity index is 777. The zero-order valence-corrected chi connectivity index (χ0v) is 17.7. The number of hydrogen-bond donors (Lipinski definition) is 0. The first kappa shape index (κ1) is 20.5. The van der Waals surface area contributed by atoms with Crippen LogP contribution in [0.5, 0.6) is 5.75 Å². The molecule has 8 heteroatoms. The van der Waals surface area contributed by atoms with E-state index < -0.39 is 5.60 Å². The van der Waals surface area contributed by atoms with Crippen LogP contribution in [0.25, 0.3) is 0 Å². The zero-order valence-electron chi connectivity index (χ0n) is 16.9. The summed E-state index contributed by atoms with van der Waals surface area (Å²) < 4.78 is 13.1. The maximum Gasteiger partial charge on any atom is 0.410 e. The highest BCUT2D eigenvalue weighted by Crippen LogP contribution is 2.24. The van der Waals surface area contributed by atoms with Crippen molar-refractivity contribution in [2.45, 2.75) is 56.8 Å². The smallest absolute Gasteiger partial charge is 0.410 e. The normalized spacial score (nSPS) is 15.5. The average Bonchev–Trinajstić information content (AvgIpc) is 3.14. The Morgan fingerprint density at radius 1 is 1.21 bits per heavy atom. The number of likely N-dealkylation sites (tertiary alicyclic amines) is 1. The van der Waals surface area contributed by atoms with Crippen molar-refractivity contribution in [3.05, 3.63) is 36.2 Å². The fourth-order valence-corrected chi connectivity index (χ4v) is 3.43. The molecule has 152 valence electrons.